The van der Waals surface area contributed by atoms with E-state index in [0.717, 1.165) is 24.7 Å². The molecule has 1 aliphatic rings. The summed E-state index contributed by atoms with van der Waals surface area (Å²) in [4.78, 5) is 15.7. The van der Waals surface area contributed by atoms with Gasteiger partial charge in [0, 0.05) is 32.7 Å². The van der Waals surface area contributed by atoms with Gasteiger partial charge in [-0.2, -0.15) is 13.2 Å². The van der Waals surface area contributed by atoms with Gasteiger partial charge in [-0.05, 0) is 30.7 Å². The number of hydrogen-bond donors (Lipinski definition) is 1. The highest BCUT2D eigenvalue weighted by Gasteiger charge is 2.32. The number of nitrogens with one attached hydrogen (secondary N) is 1. The molecule has 0 bridgehead atoms. The predicted molar refractivity (Wildman–Crippen MR) is 110 cm³/mol. The van der Waals surface area contributed by atoms with E-state index in [4.69, 9.17) is 0 Å². The van der Waals surface area contributed by atoms with E-state index in [0.29, 0.717) is 32.2 Å². The fraction of sp³-hybridized carbons (Fsp3) is 0.381. The van der Waals surface area contributed by atoms with E-state index >= 15 is 0 Å². The molecule has 1 N–H and O–H groups in total. The molecule has 6 nitrogen and oxygen atoms in total. The van der Waals surface area contributed by atoms with Crippen LogP contribution in [0.15, 0.2) is 53.4 Å². The summed E-state index contributed by atoms with van der Waals surface area (Å²) in [5.74, 6) is -0.411. The van der Waals surface area contributed by atoms with Gasteiger partial charge in [-0.25, -0.2) is 13.1 Å². The van der Waals surface area contributed by atoms with E-state index in [1.807, 2.05) is 25.1 Å². The Balaban J connectivity index is 1.52. The monoisotopic (exact) mass is 455 g/mol. The van der Waals surface area contributed by atoms with E-state index in [-0.39, 0.29) is 0 Å². The van der Waals surface area contributed by atoms with Crippen molar-refractivity contribution in [1.29, 1.82) is 0 Å². The maximum Gasteiger partial charge on any atom is 0.416 e. The Morgan fingerprint density at radius 1 is 1.03 bits per heavy atom. The zero-order valence-corrected chi connectivity index (χ0v) is 17.8. The molecule has 0 unspecified atom stereocenters. The number of sulfonamides is 1. The van der Waals surface area contributed by atoms with Crippen molar-refractivity contribution in [2.75, 3.05) is 32.7 Å². The number of halogens is 3. The van der Waals surface area contributed by atoms with Crippen molar-refractivity contribution in [1.82, 2.24) is 14.5 Å². The minimum atomic E-state index is -4.65. The molecule has 0 atom stereocenters. The molecule has 0 spiro atoms. The number of carbonyl (C=O) groups is 1. The lowest BCUT2D eigenvalue weighted by atomic mass is 10.1. The first-order chi connectivity index (χ1) is 14.5. The van der Waals surface area contributed by atoms with Gasteiger partial charge in [-0.15, -0.1) is 0 Å². The number of amides is 1. The normalized spacial score (nSPS) is 15.8. The summed E-state index contributed by atoms with van der Waals surface area (Å²) < 4.78 is 65.2. The molecule has 10 heteroatoms. The van der Waals surface area contributed by atoms with Gasteiger partial charge >= 0.3 is 6.18 Å². The number of rotatable bonds is 6. The second kappa shape index (κ2) is 9.37. The number of benzene rings is 2. The maximum atomic E-state index is 12.8. The molecule has 0 saturated carbocycles. The minimum Gasteiger partial charge on any atom is -0.339 e. The van der Waals surface area contributed by atoms with Crippen LogP contribution in [0.5, 0.6) is 0 Å². The Labute approximate surface area is 179 Å². The average molecular weight is 456 g/mol. The lowest BCUT2D eigenvalue weighted by Crippen LogP contribution is -2.50. The molecule has 3 rings (SSSR count). The zero-order chi connectivity index (χ0) is 22.6. The van der Waals surface area contributed by atoms with Crippen molar-refractivity contribution < 1.29 is 26.4 Å². The summed E-state index contributed by atoms with van der Waals surface area (Å²) in [5, 5.41) is 0. The zero-order valence-electron chi connectivity index (χ0n) is 17.0. The van der Waals surface area contributed by atoms with Gasteiger partial charge in [0.05, 0.1) is 17.0 Å². The second-order valence-corrected chi connectivity index (χ2v) is 9.26. The molecule has 31 heavy (non-hydrogen) atoms. The summed E-state index contributed by atoms with van der Waals surface area (Å²) in [6, 6.07) is 11.6. The van der Waals surface area contributed by atoms with E-state index in [1.165, 1.54) is 11.1 Å². The topological polar surface area (TPSA) is 69.7 Å². The molecule has 1 heterocycles. The van der Waals surface area contributed by atoms with Crippen molar-refractivity contribution in [2.24, 2.45) is 0 Å². The van der Waals surface area contributed by atoms with Crippen LogP contribution in [0.2, 0.25) is 0 Å². The average Bonchev–Trinajstić information content (AvgIpc) is 2.72. The molecular formula is C21H24F3N3O3S. The van der Waals surface area contributed by atoms with E-state index in [2.05, 4.69) is 15.7 Å². The summed E-state index contributed by atoms with van der Waals surface area (Å²) >= 11 is 0. The Kier molecular flexibility index (Phi) is 7.03. The van der Waals surface area contributed by atoms with E-state index in [9.17, 15) is 26.4 Å². The predicted octanol–water partition coefficient (Wildman–Crippen LogP) is 2.64. The number of nitrogens with zero attached hydrogens (tertiary/aromatic N) is 2. The van der Waals surface area contributed by atoms with Crippen molar-refractivity contribution in [3.63, 3.8) is 0 Å². The SMILES string of the molecule is Cc1cccc(CN2CCN(C(=O)CNS(=O)(=O)c3cccc(C(F)(F)F)c3)CC2)c1. The first-order valence-corrected chi connectivity index (χ1v) is 11.3. The number of aryl methyl sites for hydroxylation is 1. The third kappa shape index (κ3) is 6.28. The molecule has 1 amide bonds. The number of hydrogen-bond acceptors (Lipinski definition) is 4. The first-order valence-electron chi connectivity index (χ1n) is 9.77. The van der Waals surface area contributed by atoms with Crippen molar-refractivity contribution in [2.45, 2.75) is 24.5 Å². The van der Waals surface area contributed by atoms with Gasteiger partial charge in [-0.3, -0.25) is 9.69 Å². The quantitative estimate of drug-likeness (QED) is 0.727. The van der Waals surface area contributed by atoms with Crippen LogP contribution in [-0.2, 0) is 27.5 Å². The summed E-state index contributed by atoms with van der Waals surface area (Å²) in [6.45, 7) is 4.51. The van der Waals surface area contributed by atoms with Gasteiger partial charge in [-0.1, -0.05) is 35.9 Å². The van der Waals surface area contributed by atoms with Gasteiger partial charge in [0.25, 0.3) is 0 Å². The molecule has 0 aromatic heterocycles. The van der Waals surface area contributed by atoms with Crippen LogP contribution in [0, 0.1) is 6.92 Å². The third-order valence-electron chi connectivity index (χ3n) is 5.10. The largest absolute Gasteiger partial charge is 0.416 e. The minimum absolute atomic E-state index is 0.411. The Bertz CT molecular complexity index is 1030. The lowest BCUT2D eigenvalue weighted by molar-refractivity contribution is -0.137. The van der Waals surface area contributed by atoms with Crippen LogP contribution in [0.25, 0.3) is 0 Å². The van der Waals surface area contributed by atoms with Crippen molar-refractivity contribution in [3.8, 4) is 0 Å². The second-order valence-electron chi connectivity index (χ2n) is 7.50. The third-order valence-corrected chi connectivity index (χ3v) is 6.50. The molecular weight excluding hydrogens is 431 g/mol. The molecule has 168 valence electrons. The Hall–Kier alpha value is -2.43. The lowest BCUT2D eigenvalue weighted by Gasteiger charge is -2.34. The van der Waals surface area contributed by atoms with E-state index < -0.39 is 39.1 Å². The van der Waals surface area contributed by atoms with Crippen molar-refractivity contribution >= 4 is 15.9 Å². The van der Waals surface area contributed by atoms with Gasteiger partial charge < -0.3 is 4.90 Å². The number of carbonyl (C=O) groups excluding carboxylic acids is 1. The molecule has 2 aromatic rings. The highest BCUT2D eigenvalue weighted by Crippen LogP contribution is 2.30. The van der Waals surface area contributed by atoms with Gasteiger partial charge in [0.1, 0.15) is 0 Å². The van der Waals surface area contributed by atoms with Crippen LogP contribution >= 0.6 is 0 Å². The van der Waals surface area contributed by atoms with Crippen LogP contribution < -0.4 is 4.72 Å². The van der Waals surface area contributed by atoms with E-state index in [1.54, 1.807) is 4.90 Å². The number of alkyl halides is 3. The Morgan fingerprint density at radius 2 is 1.71 bits per heavy atom. The molecule has 0 radical (unpaired) electrons. The smallest absolute Gasteiger partial charge is 0.339 e. The summed E-state index contributed by atoms with van der Waals surface area (Å²) in [6.07, 6.45) is -4.65. The van der Waals surface area contributed by atoms with Gasteiger partial charge in [0.2, 0.25) is 15.9 Å². The summed E-state index contributed by atoms with van der Waals surface area (Å²) in [7, 11) is -4.24. The molecule has 1 fully saturated rings. The highest BCUT2D eigenvalue weighted by molar-refractivity contribution is 7.89. The van der Waals surface area contributed by atoms with Crippen LogP contribution in [0.1, 0.15) is 16.7 Å². The van der Waals surface area contributed by atoms with Gasteiger partial charge in [0.15, 0.2) is 0 Å². The first kappa shape index (κ1) is 23.2. The maximum absolute atomic E-state index is 12.8. The van der Waals surface area contributed by atoms with Crippen LogP contribution in [0.4, 0.5) is 13.2 Å². The standard InChI is InChI=1S/C21H24F3N3O3S/c1-16-4-2-5-17(12-16)15-26-8-10-27(11-9-26)20(28)14-25-31(29,30)19-7-3-6-18(13-19)21(22,23)24/h2-7,12-13,25H,8-11,14-15H2,1H3. The highest BCUT2D eigenvalue weighted by atomic mass is 32.2. The summed E-state index contributed by atoms with van der Waals surface area (Å²) in [5.41, 5.74) is 1.31. The molecule has 0 aliphatic carbocycles. The molecule has 1 saturated heterocycles. The number of piperazine rings is 1. The Morgan fingerprint density at radius 3 is 2.35 bits per heavy atom. The molecule has 2 aromatic carbocycles. The fourth-order valence-electron chi connectivity index (χ4n) is 3.42. The fourth-order valence-corrected chi connectivity index (χ4v) is 4.44. The van der Waals surface area contributed by atoms with Crippen LogP contribution in [0.3, 0.4) is 0 Å². The van der Waals surface area contributed by atoms with Crippen molar-refractivity contribution in [3.05, 3.63) is 65.2 Å². The van der Waals surface area contributed by atoms with Crippen LogP contribution in [-0.4, -0.2) is 56.8 Å². The molecule has 1 aliphatic heterocycles.